The number of carbonyl (C=O) groups is 2. The third kappa shape index (κ3) is 5.66. The summed E-state index contributed by atoms with van der Waals surface area (Å²) in [5, 5.41) is 2.86. The topological polar surface area (TPSA) is 133 Å². The molecule has 6 heterocycles. The molecular weight excluding hydrogens is 578 g/mol. The molecule has 0 radical (unpaired) electrons. The summed E-state index contributed by atoms with van der Waals surface area (Å²) in [7, 11) is 0. The molecule has 7 rings (SSSR count). The van der Waals surface area contributed by atoms with E-state index < -0.39 is 23.7 Å². The van der Waals surface area contributed by atoms with E-state index in [1.54, 1.807) is 30.6 Å². The molecule has 4 saturated heterocycles. The Hall–Kier alpha value is -3.65. The van der Waals surface area contributed by atoms with Crippen LogP contribution in [0.2, 0.25) is 0 Å². The van der Waals surface area contributed by atoms with Crippen LogP contribution in [0.4, 0.5) is 10.6 Å². The SMILES string of the molecule is CC(C)(C)OC(=O)N1CCCCC12CN(CC1OC(n3cnc4c(NC(=O)c5ccccc5)ncnc43)[C@@H]3OC(C)(C)O[C@H]13)C2. The lowest BCUT2D eigenvalue weighted by Crippen LogP contribution is -2.73. The van der Waals surface area contributed by atoms with Crippen molar-refractivity contribution in [2.45, 2.75) is 95.3 Å². The number of nitrogens with zero attached hydrogens (tertiary/aromatic N) is 6. The van der Waals surface area contributed by atoms with Gasteiger partial charge in [0.1, 0.15) is 30.2 Å². The van der Waals surface area contributed by atoms with Crippen LogP contribution in [0.5, 0.6) is 0 Å². The van der Waals surface area contributed by atoms with Crippen LogP contribution in [-0.2, 0) is 18.9 Å². The standard InChI is InChI=1S/C32H41N7O6/c1-30(2,3)45-29(41)39-14-10-9-13-32(39)16-37(17-32)15-21-23-24(44-31(4,5)43-23)28(42-21)38-19-35-22-25(33-18-34-26(22)38)36-27(40)20-11-7-6-8-12-20/h6-8,11-12,18-19,21,23-24,28H,9-10,13-17H2,1-5H3,(H,33,34,36,40)/t21?,23-,24-,28?/m1/s1. The summed E-state index contributed by atoms with van der Waals surface area (Å²) in [5.74, 6) is -0.759. The molecule has 1 aromatic carbocycles. The van der Waals surface area contributed by atoms with Gasteiger partial charge in [-0.2, -0.15) is 0 Å². The first-order valence-corrected chi connectivity index (χ1v) is 15.7. The zero-order valence-electron chi connectivity index (χ0n) is 26.4. The van der Waals surface area contributed by atoms with Gasteiger partial charge >= 0.3 is 6.09 Å². The first kappa shape index (κ1) is 30.0. The molecule has 3 aromatic rings. The molecule has 0 aliphatic carbocycles. The van der Waals surface area contributed by atoms with Crippen LogP contribution in [0.3, 0.4) is 0 Å². The Balaban J connectivity index is 1.08. The van der Waals surface area contributed by atoms with Crippen molar-refractivity contribution in [3.05, 3.63) is 48.5 Å². The monoisotopic (exact) mass is 619 g/mol. The number of ether oxygens (including phenoxy) is 4. The average Bonchev–Trinajstić information content (AvgIpc) is 3.63. The van der Waals surface area contributed by atoms with Crippen molar-refractivity contribution in [1.29, 1.82) is 0 Å². The van der Waals surface area contributed by atoms with Crippen LogP contribution >= 0.6 is 0 Å². The molecule has 2 amide bonds. The number of hydrogen-bond acceptors (Lipinski definition) is 10. The maximum Gasteiger partial charge on any atom is 0.410 e. The molecule has 45 heavy (non-hydrogen) atoms. The molecule has 13 heteroatoms. The highest BCUT2D eigenvalue weighted by Crippen LogP contribution is 2.45. The van der Waals surface area contributed by atoms with Crippen molar-refractivity contribution in [1.82, 2.24) is 29.3 Å². The second-order valence-electron chi connectivity index (χ2n) is 14.0. The van der Waals surface area contributed by atoms with Gasteiger partial charge in [-0.25, -0.2) is 19.7 Å². The van der Waals surface area contributed by atoms with Crippen LogP contribution in [0.1, 0.15) is 70.5 Å². The fourth-order valence-corrected chi connectivity index (χ4v) is 7.13. The quantitative estimate of drug-likeness (QED) is 0.447. The maximum atomic E-state index is 13.1. The van der Waals surface area contributed by atoms with E-state index in [0.29, 0.717) is 35.6 Å². The van der Waals surface area contributed by atoms with Crippen LogP contribution in [0.25, 0.3) is 11.2 Å². The molecule has 240 valence electrons. The number of rotatable bonds is 5. The fourth-order valence-electron chi connectivity index (χ4n) is 7.13. The molecular formula is C32H41N7O6. The lowest BCUT2D eigenvalue weighted by atomic mass is 9.79. The maximum absolute atomic E-state index is 13.1. The van der Waals surface area contributed by atoms with Gasteiger partial charge in [-0.1, -0.05) is 18.2 Å². The Kier molecular flexibility index (Phi) is 7.34. The Morgan fingerprint density at radius 3 is 2.56 bits per heavy atom. The van der Waals surface area contributed by atoms with E-state index >= 15 is 0 Å². The number of aromatic nitrogens is 4. The first-order chi connectivity index (χ1) is 21.4. The van der Waals surface area contributed by atoms with Gasteiger partial charge in [0, 0.05) is 31.7 Å². The van der Waals surface area contributed by atoms with Crippen LogP contribution in [0, 0.1) is 0 Å². The van der Waals surface area contributed by atoms with Crippen molar-refractivity contribution >= 4 is 29.0 Å². The fraction of sp³-hybridized carbons (Fsp3) is 0.594. The highest BCUT2D eigenvalue weighted by molar-refractivity contribution is 6.06. The number of benzene rings is 1. The van der Waals surface area contributed by atoms with Gasteiger partial charge in [-0.15, -0.1) is 0 Å². The summed E-state index contributed by atoms with van der Waals surface area (Å²) < 4.78 is 27.0. The van der Waals surface area contributed by atoms with Gasteiger partial charge in [-0.3, -0.25) is 19.2 Å². The van der Waals surface area contributed by atoms with E-state index in [2.05, 4.69) is 25.2 Å². The largest absolute Gasteiger partial charge is 0.444 e. The summed E-state index contributed by atoms with van der Waals surface area (Å²) in [5.41, 5.74) is 0.728. The number of piperidine rings is 1. The Labute approximate surface area is 262 Å². The van der Waals surface area contributed by atoms with Gasteiger partial charge in [0.15, 0.2) is 29.0 Å². The normalized spacial score (nSPS) is 27.4. The molecule has 4 aliphatic rings. The van der Waals surface area contributed by atoms with Crippen LogP contribution in [-0.4, -0.2) is 103 Å². The lowest BCUT2D eigenvalue weighted by molar-refractivity contribution is -0.201. The second kappa shape index (κ2) is 11.0. The number of carbonyl (C=O) groups excluding carboxylic acids is 2. The predicted octanol–water partition coefficient (Wildman–Crippen LogP) is 3.97. The Morgan fingerprint density at radius 2 is 1.80 bits per heavy atom. The van der Waals surface area contributed by atoms with Crippen LogP contribution < -0.4 is 5.32 Å². The molecule has 2 aromatic heterocycles. The van der Waals surface area contributed by atoms with Gasteiger partial charge < -0.3 is 24.3 Å². The molecule has 0 bridgehead atoms. The molecule has 4 fully saturated rings. The average molecular weight is 620 g/mol. The first-order valence-electron chi connectivity index (χ1n) is 15.7. The summed E-state index contributed by atoms with van der Waals surface area (Å²) in [6.07, 6.45) is 4.30. The van der Waals surface area contributed by atoms with Gasteiger partial charge in [-0.05, 0) is 66.0 Å². The van der Waals surface area contributed by atoms with E-state index in [9.17, 15) is 9.59 Å². The number of nitrogens with one attached hydrogen (secondary N) is 1. The van der Waals surface area contributed by atoms with Crippen LogP contribution in [0.15, 0.2) is 43.0 Å². The zero-order chi connectivity index (χ0) is 31.6. The van der Waals surface area contributed by atoms with E-state index in [0.717, 1.165) is 32.4 Å². The number of anilines is 1. The molecule has 0 saturated carbocycles. The van der Waals surface area contributed by atoms with E-state index in [1.165, 1.54) is 6.33 Å². The highest BCUT2D eigenvalue weighted by atomic mass is 16.8. The molecule has 2 unspecified atom stereocenters. The molecule has 1 spiro atoms. The third-order valence-electron chi connectivity index (χ3n) is 8.96. The lowest BCUT2D eigenvalue weighted by Gasteiger charge is -2.58. The summed E-state index contributed by atoms with van der Waals surface area (Å²) in [6, 6.07) is 8.94. The number of likely N-dealkylation sites (tertiary alicyclic amines) is 2. The van der Waals surface area contributed by atoms with Crippen molar-refractivity contribution in [3.63, 3.8) is 0 Å². The van der Waals surface area contributed by atoms with Crippen molar-refractivity contribution in [3.8, 4) is 0 Å². The summed E-state index contributed by atoms with van der Waals surface area (Å²) in [6.45, 7) is 12.4. The van der Waals surface area contributed by atoms with E-state index in [1.807, 2.05) is 50.2 Å². The van der Waals surface area contributed by atoms with Crippen molar-refractivity contribution < 1.29 is 28.5 Å². The highest BCUT2D eigenvalue weighted by Gasteiger charge is 2.58. The van der Waals surface area contributed by atoms with Crippen molar-refractivity contribution in [2.75, 3.05) is 31.5 Å². The van der Waals surface area contributed by atoms with Gasteiger partial charge in [0.25, 0.3) is 5.91 Å². The second-order valence-corrected chi connectivity index (χ2v) is 14.0. The Bertz CT molecular complexity index is 1580. The number of amides is 2. The van der Waals surface area contributed by atoms with Gasteiger partial charge in [0.2, 0.25) is 0 Å². The summed E-state index contributed by atoms with van der Waals surface area (Å²) >= 11 is 0. The minimum atomic E-state index is -0.789. The minimum Gasteiger partial charge on any atom is -0.444 e. The number of imidazole rings is 1. The number of hydrogen-bond donors (Lipinski definition) is 1. The Morgan fingerprint density at radius 1 is 1.04 bits per heavy atom. The summed E-state index contributed by atoms with van der Waals surface area (Å²) in [4.78, 5) is 43.6. The smallest absolute Gasteiger partial charge is 0.410 e. The number of fused-ring (bicyclic) bond motifs is 2. The van der Waals surface area contributed by atoms with E-state index in [-0.39, 0.29) is 29.7 Å². The van der Waals surface area contributed by atoms with Crippen molar-refractivity contribution in [2.24, 2.45) is 0 Å². The van der Waals surface area contributed by atoms with Gasteiger partial charge in [0.05, 0.1) is 11.9 Å². The third-order valence-corrected chi connectivity index (χ3v) is 8.96. The zero-order valence-corrected chi connectivity index (χ0v) is 26.4. The van der Waals surface area contributed by atoms with E-state index in [4.69, 9.17) is 18.9 Å². The molecule has 4 aliphatic heterocycles. The molecule has 13 nitrogen and oxygen atoms in total. The molecule has 4 atom stereocenters. The molecule has 1 N–H and O–H groups in total. The minimum absolute atomic E-state index is 0.220. The predicted molar refractivity (Wildman–Crippen MR) is 163 cm³/mol.